The van der Waals surface area contributed by atoms with Crippen LogP contribution in [0.4, 0.5) is 8.78 Å². The zero-order chi connectivity index (χ0) is 27.3. The Balaban J connectivity index is 1.93. The van der Waals surface area contributed by atoms with Crippen LogP contribution in [-0.4, -0.2) is 37.5 Å². The maximum absolute atomic E-state index is 13.9. The van der Waals surface area contributed by atoms with Crippen LogP contribution < -0.4 is 4.74 Å². The van der Waals surface area contributed by atoms with Crippen molar-refractivity contribution in [2.24, 2.45) is 0 Å². The lowest BCUT2D eigenvalue weighted by Gasteiger charge is -2.29. The predicted octanol–water partition coefficient (Wildman–Crippen LogP) is 6.28. The fourth-order valence-corrected chi connectivity index (χ4v) is 6.28. The van der Waals surface area contributed by atoms with Crippen LogP contribution in [0.1, 0.15) is 33.3 Å². The second-order valence-corrected chi connectivity index (χ2v) is 11.7. The lowest BCUT2D eigenvalue weighted by molar-refractivity contribution is -0.229. The van der Waals surface area contributed by atoms with Gasteiger partial charge in [-0.1, -0.05) is 18.2 Å². The minimum atomic E-state index is -5.61. The van der Waals surface area contributed by atoms with Crippen molar-refractivity contribution in [3.05, 3.63) is 84.4 Å². The monoisotopic (exact) mass is 553 g/mol. The second kappa shape index (κ2) is 11.9. The summed E-state index contributed by atoms with van der Waals surface area (Å²) >= 11 is 0. The molecule has 0 aliphatic rings. The molecular weight excluding hydrogens is 522 g/mol. The molecule has 3 aromatic carbocycles. The molecule has 6 nitrogen and oxygen atoms in total. The fourth-order valence-electron chi connectivity index (χ4n) is 3.75. The molecule has 0 heterocycles. The zero-order valence-corrected chi connectivity index (χ0v) is 22.7. The Morgan fingerprint density at radius 1 is 0.838 bits per heavy atom. The van der Waals surface area contributed by atoms with E-state index in [9.17, 15) is 17.2 Å². The number of hydrogen-bond acceptors (Lipinski definition) is 5. The molecule has 2 atom stereocenters. The van der Waals surface area contributed by atoms with E-state index in [2.05, 4.69) is 0 Å². The molecule has 0 amide bonds. The topological polar surface area (TPSA) is 82.1 Å². The van der Waals surface area contributed by atoms with Gasteiger partial charge in [0, 0.05) is 18.8 Å². The number of benzene rings is 3. The van der Waals surface area contributed by atoms with Crippen molar-refractivity contribution in [2.45, 2.75) is 59.5 Å². The molecule has 0 radical (unpaired) electrons. The van der Waals surface area contributed by atoms with Crippen LogP contribution in [0.2, 0.25) is 0 Å². The number of hydrogen-bond donors (Lipinski definition) is 1. The van der Waals surface area contributed by atoms with E-state index in [1.807, 2.05) is 75.4 Å². The molecule has 10 heteroatoms. The van der Waals surface area contributed by atoms with Crippen molar-refractivity contribution in [3.8, 4) is 5.75 Å². The molecule has 3 rings (SSSR count). The van der Waals surface area contributed by atoms with Gasteiger partial charge in [-0.3, -0.25) is 4.55 Å². The van der Waals surface area contributed by atoms with Gasteiger partial charge in [-0.2, -0.15) is 17.2 Å². The van der Waals surface area contributed by atoms with Gasteiger partial charge in [0.2, 0.25) is 0 Å². The van der Waals surface area contributed by atoms with Gasteiger partial charge in [0.1, 0.15) is 5.75 Å². The number of alkyl halides is 2. The molecule has 0 fully saturated rings. The van der Waals surface area contributed by atoms with E-state index in [0.717, 1.165) is 27.2 Å². The van der Waals surface area contributed by atoms with Gasteiger partial charge in [-0.05, 0) is 88.4 Å². The van der Waals surface area contributed by atoms with Crippen molar-refractivity contribution in [1.82, 2.24) is 0 Å². The molecule has 1 N–H and O–H groups in total. The first kappa shape index (κ1) is 29.1. The van der Waals surface area contributed by atoms with Crippen LogP contribution in [-0.2, 0) is 36.3 Å². The molecule has 0 spiro atoms. The van der Waals surface area contributed by atoms with E-state index >= 15 is 0 Å². The summed E-state index contributed by atoms with van der Waals surface area (Å²) in [5, 5.41) is -4.45. The summed E-state index contributed by atoms with van der Waals surface area (Å²) in [6.07, 6.45) is -2.08. The van der Waals surface area contributed by atoms with Gasteiger partial charge in [0.15, 0.2) is 26.6 Å². The number of rotatable bonds is 12. The van der Waals surface area contributed by atoms with Crippen molar-refractivity contribution in [2.75, 3.05) is 13.2 Å². The molecule has 0 aliphatic heterocycles. The molecule has 0 saturated heterocycles. The smallest absolute Gasteiger partial charge is 0.405 e. The summed E-state index contributed by atoms with van der Waals surface area (Å²) in [6.45, 7) is 7.59. The van der Waals surface area contributed by atoms with Crippen molar-refractivity contribution in [3.63, 3.8) is 0 Å². The van der Waals surface area contributed by atoms with E-state index in [1.54, 1.807) is 12.1 Å². The SMILES string of the molecule is CCOC(C)(OCC)c1ccc([S+](c2ccccc2)c2ccc(OC(C)C(F)(F)S(=O)(=O)O)cc2)cc1. The highest BCUT2D eigenvalue weighted by molar-refractivity contribution is 7.97. The van der Waals surface area contributed by atoms with Crippen LogP contribution in [0, 0.1) is 0 Å². The third-order valence-corrected chi connectivity index (χ3v) is 8.87. The maximum atomic E-state index is 13.9. The normalized spacial score (nSPS) is 14.2. The highest BCUT2D eigenvalue weighted by Crippen LogP contribution is 2.35. The molecular formula is C27H31F2O6S2+. The van der Waals surface area contributed by atoms with Crippen molar-refractivity contribution < 1.29 is 36.0 Å². The fraction of sp³-hybridized carbons (Fsp3) is 0.333. The van der Waals surface area contributed by atoms with Crippen LogP contribution in [0.5, 0.6) is 5.75 Å². The quantitative estimate of drug-likeness (QED) is 0.162. The number of ether oxygens (including phenoxy) is 3. The Bertz CT molecular complexity index is 1240. The average molecular weight is 554 g/mol. The van der Waals surface area contributed by atoms with Gasteiger partial charge < -0.3 is 14.2 Å². The van der Waals surface area contributed by atoms with Gasteiger partial charge in [-0.15, -0.1) is 0 Å². The minimum Gasteiger partial charge on any atom is -0.483 e. The van der Waals surface area contributed by atoms with E-state index in [-0.39, 0.29) is 5.75 Å². The van der Waals surface area contributed by atoms with Crippen LogP contribution in [0.15, 0.2) is 93.5 Å². The Morgan fingerprint density at radius 2 is 1.30 bits per heavy atom. The first-order chi connectivity index (χ1) is 17.4. The second-order valence-electron chi connectivity index (χ2n) is 8.22. The van der Waals surface area contributed by atoms with E-state index in [0.29, 0.717) is 13.2 Å². The first-order valence-electron chi connectivity index (χ1n) is 11.7. The van der Waals surface area contributed by atoms with Gasteiger partial charge in [0.05, 0.1) is 10.9 Å². The lowest BCUT2D eigenvalue weighted by atomic mass is 10.1. The van der Waals surface area contributed by atoms with Crippen LogP contribution in [0.3, 0.4) is 0 Å². The van der Waals surface area contributed by atoms with Crippen LogP contribution >= 0.6 is 0 Å². The first-order valence-corrected chi connectivity index (χ1v) is 14.4. The molecule has 0 aromatic heterocycles. The molecule has 0 aliphatic carbocycles. The lowest BCUT2D eigenvalue weighted by Crippen LogP contribution is -2.42. The third kappa shape index (κ3) is 6.69. The van der Waals surface area contributed by atoms with Gasteiger partial charge in [-0.25, -0.2) is 0 Å². The van der Waals surface area contributed by atoms with E-state index in [1.165, 1.54) is 12.1 Å². The van der Waals surface area contributed by atoms with Crippen LogP contribution in [0.25, 0.3) is 0 Å². The highest BCUT2D eigenvalue weighted by Gasteiger charge is 2.51. The highest BCUT2D eigenvalue weighted by atomic mass is 32.2. The third-order valence-electron chi connectivity index (χ3n) is 5.62. The molecule has 2 unspecified atom stereocenters. The van der Waals surface area contributed by atoms with Gasteiger partial charge in [0.25, 0.3) is 0 Å². The Labute approximate surface area is 219 Å². The Hall–Kier alpha value is -2.50. The average Bonchev–Trinajstić information content (AvgIpc) is 2.86. The van der Waals surface area contributed by atoms with Crippen molar-refractivity contribution >= 4 is 21.0 Å². The summed E-state index contributed by atoms with van der Waals surface area (Å²) in [5.74, 6) is -0.816. The molecule has 200 valence electrons. The minimum absolute atomic E-state index is 0.0516. The maximum Gasteiger partial charge on any atom is 0.405 e. The predicted molar refractivity (Wildman–Crippen MR) is 139 cm³/mol. The van der Waals surface area contributed by atoms with E-state index < -0.39 is 38.2 Å². The van der Waals surface area contributed by atoms with E-state index in [4.69, 9.17) is 18.8 Å². The van der Waals surface area contributed by atoms with Crippen molar-refractivity contribution in [1.29, 1.82) is 0 Å². The Kier molecular flexibility index (Phi) is 9.36. The molecule has 0 saturated carbocycles. The summed E-state index contributed by atoms with van der Waals surface area (Å²) in [7, 11) is -6.14. The number of halogens is 2. The molecule has 37 heavy (non-hydrogen) atoms. The molecule has 0 bridgehead atoms. The summed E-state index contributed by atoms with van der Waals surface area (Å²) in [4.78, 5) is 2.97. The summed E-state index contributed by atoms with van der Waals surface area (Å²) in [6, 6.07) is 24.3. The largest absolute Gasteiger partial charge is 0.483 e. The zero-order valence-electron chi connectivity index (χ0n) is 21.1. The summed E-state index contributed by atoms with van der Waals surface area (Å²) < 4.78 is 75.5. The summed E-state index contributed by atoms with van der Waals surface area (Å²) in [5.41, 5.74) is 0.883. The molecule has 3 aromatic rings. The Morgan fingerprint density at radius 3 is 1.76 bits per heavy atom. The van der Waals surface area contributed by atoms with Gasteiger partial charge >= 0.3 is 15.4 Å². The standard InChI is InChI=1S/C27H30F2O6S2/c1-5-33-26(4,34-6-2)21-12-16-24(17-13-21)36(23-10-8-7-9-11-23)25-18-14-22(15-19-25)35-20(3)27(28,29)37(30,31)32/h7-20H,5-6H2,1-4H3/p+1.